The minimum absolute atomic E-state index is 0.267. The van der Waals surface area contributed by atoms with Crippen LogP contribution in [-0.2, 0) is 6.54 Å². The van der Waals surface area contributed by atoms with E-state index < -0.39 is 5.97 Å². The molecule has 3 rings (SSSR count). The average molecular weight is 289 g/mol. The molecule has 0 saturated carbocycles. The van der Waals surface area contributed by atoms with Crippen LogP contribution in [0.25, 0.3) is 0 Å². The molecular formula is C16H23N3O2. The van der Waals surface area contributed by atoms with E-state index in [0.29, 0.717) is 18.3 Å². The van der Waals surface area contributed by atoms with Gasteiger partial charge in [-0.25, -0.2) is 4.79 Å². The zero-order chi connectivity index (χ0) is 14.8. The van der Waals surface area contributed by atoms with E-state index in [1.165, 1.54) is 25.8 Å². The number of carboxylic acids is 1. The van der Waals surface area contributed by atoms with Crippen molar-refractivity contribution in [2.45, 2.75) is 31.8 Å². The lowest BCUT2D eigenvalue weighted by molar-refractivity contribution is 0.0453. The zero-order valence-corrected chi connectivity index (χ0v) is 12.3. The van der Waals surface area contributed by atoms with Crippen molar-refractivity contribution in [3.8, 4) is 0 Å². The molecule has 0 bridgehead atoms. The first-order chi connectivity index (χ1) is 10.1. The second kappa shape index (κ2) is 6.03. The number of nitrogens with zero attached hydrogens (tertiary/aromatic N) is 2. The number of hydrogen-bond acceptors (Lipinski definition) is 4. The summed E-state index contributed by atoms with van der Waals surface area (Å²) >= 11 is 0. The third-order valence-corrected chi connectivity index (χ3v) is 4.71. The molecule has 21 heavy (non-hydrogen) atoms. The highest BCUT2D eigenvalue weighted by atomic mass is 16.4. The fourth-order valence-corrected chi connectivity index (χ4v) is 3.62. The van der Waals surface area contributed by atoms with E-state index in [2.05, 4.69) is 9.80 Å². The molecule has 5 heteroatoms. The highest BCUT2D eigenvalue weighted by Gasteiger charge is 2.29. The number of carboxylic acid groups (broad SMARTS) is 1. The van der Waals surface area contributed by atoms with Crippen LogP contribution in [0, 0.1) is 0 Å². The average Bonchev–Trinajstić information content (AvgIpc) is 2.47. The maximum absolute atomic E-state index is 11.4. The second-order valence-electron chi connectivity index (χ2n) is 6.11. The number of nitrogen functional groups attached to an aromatic ring is 1. The van der Waals surface area contributed by atoms with Crippen molar-refractivity contribution in [1.82, 2.24) is 9.80 Å². The van der Waals surface area contributed by atoms with Crippen LogP contribution in [0.1, 0.15) is 35.2 Å². The summed E-state index contributed by atoms with van der Waals surface area (Å²) in [6.07, 6.45) is 3.89. The SMILES string of the molecule is Nc1cccc(CN2CCN3CCCCC3C2)c1C(=O)O. The summed E-state index contributed by atoms with van der Waals surface area (Å²) in [7, 11) is 0. The molecule has 0 spiro atoms. The molecule has 0 aliphatic carbocycles. The molecule has 0 amide bonds. The molecule has 2 saturated heterocycles. The number of piperidine rings is 1. The van der Waals surface area contributed by atoms with Crippen molar-refractivity contribution in [1.29, 1.82) is 0 Å². The van der Waals surface area contributed by atoms with Crippen LogP contribution in [0.3, 0.4) is 0 Å². The van der Waals surface area contributed by atoms with Crippen molar-refractivity contribution in [2.24, 2.45) is 0 Å². The molecular weight excluding hydrogens is 266 g/mol. The van der Waals surface area contributed by atoms with Gasteiger partial charge in [-0.15, -0.1) is 0 Å². The number of hydrogen-bond donors (Lipinski definition) is 2. The van der Waals surface area contributed by atoms with Crippen LogP contribution in [0.15, 0.2) is 18.2 Å². The number of nitrogens with two attached hydrogens (primary N) is 1. The molecule has 2 fully saturated rings. The molecule has 1 atom stereocenters. The Morgan fingerprint density at radius 1 is 1.29 bits per heavy atom. The van der Waals surface area contributed by atoms with Gasteiger partial charge in [0, 0.05) is 37.9 Å². The zero-order valence-electron chi connectivity index (χ0n) is 12.3. The molecule has 2 aliphatic rings. The summed E-state index contributed by atoms with van der Waals surface area (Å²) < 4.78 is 0. The summed E-state index contributed by atoms with van der Waals surface area (Å²) in [4.78, 5) is 16.4. The van der Waals surface area contributed by atoms with Crippen molar-refractivity contribution < 1.29 is 9.90 Å². The van der Waals surface area contributed by atoms with E-state index >= 15 is 0 Å². The van der Waals surface area contributed by atoms with E-state index in [-0.39, 0.29) is 5.56 Å². The molecule has 1 aromatic rings. The van der Waals surface area contributed by atoms with Crippen molar-refractivity contribution in [3.63, 3.8) is 0 Å². The van der Waals surface area contributed by atoms with Gasteiger partial charge < -0.3 is 10.8 Å². The lowest BCUT2D eigenvalue weighted by Gasteiger charge is -2.44. The van der Waals surface area contributed by atoms with Gasteiger partial charge in [0.15, 0.2) is 0 Å². The van der Waals surface area contributed by atoms with Crippen LogP contribution in [-0.4, -0.2) is 53.1 Å². The third kappa shape index (κ3) is 3.04. The number of rotatable bonds is 3. The summed E-state index contributed by atoms with van der Waals surface area (Å²) in [5.74, 6) is -0.931. The molecule has 3 N–H and O–H groups in total. The van der Waals surface area contributed by atoms with Crippen LogP contribution < -0.4 is 5.73 Å². The molecule has 0 radical (unpaired) electrons. The Morgan fingerprint density at radius 3 is 2.95 bits per heavy atom. The first-order valence-corrected chi connectivity index (χ1v) is 7.72. The Labute approximate surface area is 125 Å². The molecule has 1 unspecified atom stereocenters. The van der Waals surface area contributed by atoms with Crippen molar-refractivity contribution in [3.05, 3.63) is 29.3 Å². The second-order valence-corrected chi connectivity index (χ2v) is 6.11. The van der Waals surface area contributed by atoms with Gasteiger partial charge >= 0.3 is 5.97 Å². The van der Waals surface area contributed by atoms with Gasteiger partial charge in [0.2, 0.25) is 0 Å². The lowest BCUT2D eigenvalue weighted by Crippen LogP contribution is -2.54. The molecule has 5 nitrogen and oxygen atoms in total. The maximum atomic E-state index is 11.4. The van der Waals surface area contributed by atoms with E-state index in [1.807, 2.05) is 12.1 Å². The fraction of sp³-hybridized carbons (Fsp3) is 0.562. The first-order valence-electron chi connectivity index (χ1n) is 7.72. The largest absolute Gasteiger partial charge is 0.478 e. The van der Waals surface area contributed by atoms with Gasteiger partial charge in [-0.1, -0.05) is 18.6 Å². The summed E-state index contributed by atoms with van der Waals surface area (Å²) in [5.41, 5.74) is 7.28. The Kier molecular flexibility index (Phi) is 4.12. The normalized spacial score (nSPS) is 23.7. The topological polar surface area (TPSA) is 69.8 Å². The lowest BCUT2D eigenvalue weighted by atomic mass is 9.98. The van der Waals surface area contributed by atoms with Gasteiger partial charge in [-0.3, -0.25) is 9.80 Å². The minimum Gasteiger partial charge on any atom is -0.478 e. The Balaban J connectivity index is 1.72. The monoisotopic (exact) mass is 289 g/mol. The molecule has 2 heterocycles. The molecule has 2 aliphatic heterocycles. The number of piperazine rings is 1. The molecule has 0 aromatic heterocycles. The Morgan fingerprint density at radius 2 is 2.14 bits per heavy atom. The smallest absolute Gasteiger partial charge is 0.338 e. The van der Waals surface area contributed by atoms with E-state index in [0.717, 1.165) is 25.2 Å². The van der Waals surface area contributed by atoms with Gasteiger partial charge in [-0.2, -0.15) is 0 Å². The van der Waals surface area contributed by atoms with Crippen LogP contribution in [0.2, 0.25) is 0 Å². The maximum Gasteiger partial charge on any atom is 0.338 e. The van der Waals surface area contributed by atoms with Crippen LogP contribution in [0.5, 0.6) is 0 Å². The van der Waals surface area contributed by atoms with Gasteiger partial charge in [0.25, 0.3) is 0 Å². The van der Waals surface area contributed by atoms with E-state index in [9.17, 15) is 9.90 Å². The highest BCUT2D eigenvalue weighted by molar-refractivity contribution is 5.95. The van der Waals surface area contributed by atoms with E-state index in [4.69, 9.17) is 5.73 Å². The first kappa shape index (κ1) is 14.4. The summed E-state index contributed by atoms with van der Waals surface area (Å²) in [6, 6.07) is 6.02. The Bertz CT molecular complexity index is 532. The van der Waals surface area contributed by atoms with Gasteiger partial charge in [0.1, 0.15) is 0 Å². The third-order valence-electron chi connectivity index (χ3n) is 4.71. The minimum atomic E-state index is -0.931. The van der Waals surface area contributed by atoms with Crippen molar-refractivity contribution in [2.75, 3.05) is 31.9 Å². The van der Waals surface area contributed by atoms with E-state index in [1.54, 1.807) is 6.07 Å². The van der Waals surface area contributed by atoms with Crippen LogP contribution in [0.4, 0.5) is 5.69 Å². The number of aromatic carboxylic acids is 1. The van der Waals surface area contributed by atoms with Crippen molar-refractivity contribution >= 4 is 11.7 Å². The predicted molar refractivity (Wildman–Crippen MR) is 82.3 cm³/mol. The standard InChI is InChI=1S/C16H23N3O2/c17-14-6-3-4-12(15(14)16(20)21)10-18-8-9-19-7-2-1-5-13(19)11-18/h3-4,6,13H,1-2,5,7-11,17H2,(H,20,21). The number of anilines is 1. The number of carbonyl (C=O) groups is 1. The molecule has 114 valence electrons. The summed E-state index contributed by atoms with van der Waals surface area (Å²) in [5, 5.41) is 9.36. The fourth-order valence-electron chi connectivity index (χ4n) is 3.62. The van der Waals surface area contributed by atoms with Gasteiger partial charge in [-0.05, 0) is 31.0 Å². The number of benzene rings is 1. The predicted octanol–water partition coefficient (Wildman–Crippen LogP) is 1.64. The highest BCUT2D eigenvalue weighted by Crippen LogP contribution is 2.24. The van der Waals surface area contributed by atoms with Gasteiger partial charge in [0.05, 0.1) is 5.56 Å². The quantitative estimate of drug-likeness (QED) is 0.828. The Hall–Kier alpha value is -1.59. The summed E-state index contributed by atoms with van der Waals surface area (Å²) in [6.45, 7) is 5.03. The molecule has 1 aromatic carbocycles. The van der Waals surface area contributed by atoms with Crippen LogP contribution >= 0.6 is 0 Å². The number of fused-ring (bicyclic) bond motifs is 1.